The topological polar surface area (TPSA) is 88.9 Å². The molecule has 0 aliphatic heterocycles. The zero-order valence-corrected chi connectivity index (χ0v) is 20.5. The molecule has 1 heterocycles. The number of amides is 2. The van der Waals surface area contributed by atoms with Crippen molar-refractivity contribution in [2.45, 2.75) is 31.6 Å². The van der Waals surface area contributed by atoms with Gasteiger partial charge in [-0.2, -0.15) is 0 Å². The number of nitrogens with zero attached hydrogens (tertiary/aromatic N) is 3. The average molecular weight is 504 g/mol. The van der Waals surface area contributed by atoms with Crippen LogP contribution in [-0.2, 0) is 11.3 Å². The summed E-state index contributed by atoms with van der Waals surface area (Å²) in [6.07, 6.45) is 1.70. The minimum Gasteiger partial charge on any atom is -0.342 e. The van der Waals surface area contributed by atoms with Gasteiger partial charge in [0.2, 0.25) is 5.91 Å². The van der Waals surface area contributed by atoms with Crippen LogP contribution >= 0.6 is 35.0 Å². The second-order valence-electron chi connectivity index (χ2n) is 7.16. The summed E-state index contributed by atoms with van der Waals surface area (Å²) in [6, 6.07) is 11.7. The van der Waals surface area contributed by atoms with Gasteiger partial charge in [-0.3, -0.25) is 9.59 Å². The number of carbonyl (C=O) groups is 2. The molecule has 2 N–H and O–H groups in total. The number of rotatable bonds is 9. The molecule has 3 rings (SSSR count). The third-order valence-corrected chi connectivity index (χ3v) is 6.49. The zero-order chi connectivity index (χ0) is 24.0. The first kappa shape index (κ1) is 24.8. The van der Waals surface area contributed by atoms with E-state index in [1.807, 2.05) is 11.5 Å². The third-order valence-electron chi connectivity index (χ3n) is 4.78. The molecule has 0 fully saturated rings. The minimum atomic E-state index is -0.446. The Morgan fingerprint density at radius 3 is 2.61 bits per heavy atom. The van der Waals surface area contributed by atoms with E-state index in [9.17, 15) is 9.59 Å². The van der Waals surface area contributed by atoms with Crippen LogP contribution in [0.5, 0.6) is 0 Å². The van der Waals surface area contributed by atoms with Crippen molar-refractivity contribution in [2.24, 2.45) is 0 Å². The molecule has 0 spiro atoms. The van der Waals surface area contributed by atoms with E-state index >= 15 is 0 Å². The molecule has 10 heteroatoms. The first-order valence-electron chi connectivity index (χ1n) is 10.1. The average Bonchev–Trinajstić information content (AvgIpc) is 3.18. The lowest BCUT2D eigenvalue weighted by Crippen LogP contribution is -2.29. The number of allylic oxidation sites excluding steroid dienone is 1. The number of nitrogens with one attached hydrogen (secondary N) is 2. The minimum absolute atomic E-state index is 0.127. The summed E-state index contributed by atoms with van der Waals surface area (Å²) in [7, 11) is 0. The van der Waals surface area contributed by atoms with Gasteiger partial charge in [0, 0.05) is 17.3 Å². The van der Waals surface area contributed by atoms with Gasteiger partial charge in [0.15, 0.2) is 11.0 Å². The molecule has 0 aliphatic rings. The second-order valence-corrected chi connectivity index (χ2v) is 8.92. The van der Waals surface area contributed by atoms with Gasteiger partial charge in [0.25, 0.3) is 5.91 Å². The predicted octanol–water partition coefficient (Wildman–Crippen LogP) is 5.30. The third kappa shape index (κ3) is 6.16. The van der Waals surface area contributed by atoms with Crippen LogP contribution < -0.4 is 10.6 Å². The second kappa shape index (κ2) is 11.4. The SMILES string of the molecule is C=CCn1c(SCC(=O)Nc2cccc(Cl)c2C)nnc1[C@@H](C)NC(=O)c1ccccc1Cl. The van der Waals surface area contributed by atoms with Crippen molar-refractivity contribution in [2.75, 3.05) is 11.1 Å². The Morgan fingerprint density at radius 1 is 1.15 bits per heavy atom. The van der Waals surface area contributed by atoms with E-state index in [4.69, 9.17) is 23.2 Å². The number of hydrogen-bond acceptors (Lipinski definition) is 5. The van der Waals surface area contributed by atoms with Crippen molar-refractivity contribution < 1.29 is 9.59 Å². The lowest BCUT2D eigenvalue weighted by atomic mass is 10.2. The van der Waals surface area contributed by atoms with E-state index < -0.39 is 6.04 Å². The number of halogens is 2. The van der Waals surface area contributed by atoms with Gasteiger partial charge in [-0.05, 0) is 43.7 Å². The van der Waals surface area contributed by atoms with Crippen LogP contribution in [0.1, 0.15) is 34.7 Å². The molecule has 0 bridgehead atoms. The largest absolute Gasteiger partial charge is 0.342 e. The maximum Gasteiger partial charge on any atom is 0.253 e. The zero-order valence-electron chi connectivity index (χ0n) is 18.1. The fourth-order valence-electron chi connectivity index (χ4n) is 3.07. The van der Waals surface area contributed by atoms with Gasteiger partial charge < -0.3 is 15.2 Å². The highest BCUT2D eigenvalue weighted by atomic mass is 35.5. The Labute approximate surface area is 206 Å². The summed E-state index contributed by atoms with van der Waals surface area (Å²) < 4.78 is 1.81. The molecule has 1 aromatic heterocycles. The summed E-state index contributed by atoms with van der Waals surface area (Å²) in [5, 5.41) is 15.7. The van der Waals surface area contributed by atoms with E-state index in [-0.39, 0.29) is 17.6 Å². The molecule has 2 aromatic carbocycles. The van der Waals surface area contributed by atoms with Crippen molar-refractivity contribution >= 4 is 52.5 Å². The molecule has 0 radical (unpaired) electrons. The highest BCUT2D eigenvalue weighted by molar-refractivity contribution is 7.99. The van der Waals surface area contributed by atoms with Crippen LogP contribution in [0.4, 0.5) is 5.69 Å². The van der Waals surface area contributed by atoms with Gasteiger partial charge in [-0.1, -0.05) is 59.2 Å². The van der Waals surface area contributed by atoms with Gasteiger partial charge in [-0.15, -0.1) is 16.8 Å². The Balaban J connectivity index is 1.69. The lowest BCUT2D eigenvalue weighted by molar-refractivity contribution is -0.113. The fourth-order valence-corrected chi connectivity index (χ4v) is 4.22. The monoisotopic (exact) mass is 503 g/mol. The van der Waals surface area contributed by atoms with Crippen LogP contribution in [0.15, 0.2) is 60.3 Å². The van der Waals surface area contributed by atoms with Crippen molar-refractivity contribution in [3.05, 3.63) is 82.1 Å². The first-order valence-corrected chi connectivity index (χ1v) is 11.8. The van der Waals surface area contributed by atoms with Crippen molar-refractivity contribution in [3.63, 3.8) is 0 Å². The molecular formula is C23H23Cl2N5O2S. The quantitative estimate of drug-likeness (QED) is 0.305. The van der Waals surface area contributed by atoms with Crippen LogP contribution in [-0.4, -0.2) is 32.3 Å². The van der Waals surface area contributed by atoms with Crippen LogP contribution in [0.2, 0.25) is 10.0 Å². The Hall–Kier alpha value is -2.81. The molecule has 1 atom stereocenters. The van der Waals surface area contributed by atoms with E-state index in [0.717, 1.165) is 5.56 Å². The Kier molecular flexibility index (Phi) is 8.55. The Bertz CT molecular complexity index is 1180. The van der Waals surface area contributed by atoms with Crippen molar-refractivity contribution in [1.82, 2.24) is 20.1 Å². The predicted molar refractivity (Wildman–Crippen MR) is 133 cm³/mol. The number of benzene rings is 2. The smallest absolute Gasteiger partial charge is 0.253 e. The number of anilines is 1. The van der Waals surface area contributed by atoms with Crippen LogP contribution in [0.3, 0.4) is 0 Å². The maximum atomic E-state index is 12.6. The molecule has 0 saturated carbocycles. The number of hydrogen-bond donors (Lipinski definition) is 2. The molecule has 3 aromatic rings. The van der Waals surface area contributed by atoms with Gasteiger partial charge in [-0.25, -0.2) is 0 Å². The highest BCUT2D eigenvalue weighted by Crippen LogP contribution is 2.25. The lowest BCUT2D eigenvalue weighted by Gasteiger charge is -2.15. The fraction of sp³-hybridized carbons (Fsp3) is 0.217. The molecule has 7 nitrogen and oxygen atoms in total. The molecule has 0 aliphatic carbocycles. The van der Waals surface area contributed by atoms with Crippen LogP contribution in [0.25, 0.3) is 0 Å². The van der Waals surface area contributed by atoms with E-state index in [1.165, 1.54) is 11.8 Å². The molecule has 0 unspecified atom stereocenters. The Morgan fingerprint density at radius 2 is 1.88 bits per heavy atom. The first-order chi connectivity index (χ1) is 15.8. The molecular weight excluding hydrogens is 481 g/mol. The van der Waals surface area contributed by atoms with E-state index in [1.54, 1.807) is 55.5 Å². The van der Waals surface area contributed by atoms with Gasteiger partial charge in [0.1, 0.15) is 0 Å². The van der Waals surface area contributed by atoms with Gasteiger partial charge >= 0.3 is 0 Å². The molecule has 0 saturated heterocycles. The summed E-state index contributed by atoms with van der Waals surface area (Å²) in [4.78, 5) is 25.1. The number of carbonyl (C=O) groups excluding carboxylic acids is 2. The summed E-state index contributed by atoms with van der Waals surface area (Å²) in [5.41, 5.74) is 1.85. The van der Waals surface area contributed by atoms with Gasteiger partial charge in [0.05, 0.1) is 22.4 Å². The molecule has 2 amide bonds. The summed E-state index contributed by atoms with van der Waals surface area (Å²) in [5.74, 6) is 0.164. The normalized spacial score (nSPS) is 11.6. The van der Waals surface area contributed by atoms with Crippen LogP contribution in [0, 0.1) is 6.92 Å². The molecule has 172 valence electrons. The summed E-state index contributed by atoms with van der Waals surface area (Å²) in [6.45, 7) is 7.86. The van der Waals surface area contributed by atoms with E-state index in [2.05, 4.69) is 27.4 Å². The number of aromatic nitrogens is 3. The van der Waals surface area contributed by atoms with Crippen molar-refractivity contribution in [1.29, 1.82) is 0 Å². The van der Waals surface area contributed by atoms with E-state index in [0.29, 0.717) is 38.8 Å². The maximum absolute atomic E-state index is 12.6. The number of thioether (sulfide) groups is 1. The standard InChI is InChI=1S/C23H23Cl2N5O2S/c1-4-12-30-21(15(3)26-22(32)16-8-5-6-9-18(16)25)28-29-23(30)33-13-20(31)27-19-11-7-10-17(24)14(19)2/h4-11,15H,1,12-13H2,2-3H3,(H,26,32)(H,27,31)/t15-/m1/s1. The van der Waals surface area contributed by atoms with Crippen molar-refractivity contribution in [3.8, 4) is 0 Å². The highest BCUT2D eigenvalue weighted by Gasteiger charge is 2.21. The molecule has 33 heavy (non-hydrogen) atoms. The summed E-state index contributed by atoms with van der Waals surface area (Å²) >= 11 is 13.5.